The lowest BCUT2D eigenvalue weighted by Crippen LogP contribution is -2.24. The molecular formula is C19H25F2N5OS. The maximum Gasteiger partial charge on any atom is 0.237 e. The molecule has 0 aliphatic heterocycles. The molecule has 0 saturated heterocycles. The number of nitrogens with two attached hydrogens (primary N) is 1. The molecule has 1 aromatic carbocycles. The number of nitrogens with one attached hydrogen (secondary N) is 1. The van der Waals surface area contributed by atoms with Crippen LogP contribution in [0.1, 0.15) is 51.3 Å². The van der Waals surface area contributed by atoms with E-state index in [1.165, 1.54) is 42.8 Å². The van der Waals surface area contributed by atoms with Gasteiger partial charge in [0, 0.05) is 12.5 Å². The molecule has 2 aromatic rings. The van der Waals surface area contributed by atoms with Crippen LogP contribution in [0.2, 0.25) is 0 Å². The number of hydrogen-bond donors (Lipinski definition) is 2. The highest BCUT2D eigenvalue weighted by Gasteiger charge is 2.21. The standard InChI is InChI=1S/C19H25F2N5OS/c1-12(18(27)23-16-9-8-14(20)11-15(16)21)28-19-25-24-17(26(19)22)10-7-13-5-3-2-4-6-13/h8-9,11-13H,2-7,10,22H2,1H3,(H,23,27)/t12-/m0/s1. The van der Waals surface area contributed by atoms with Crippen LogP contribution in [-0.4, -0.2) is 26.0 Å². The minimum atomic E-state index is -0.822. The third-order valence-electron chi connectivity index (χ3n) is 5.08. The van der Waals surface area contributed by atoms with Crippen molar-refractivity contribution in [2.45, 2.75) is 62.3 Å². The number of carbonyl (C=O) groups is 1. The van der Waals surface area contributed by atoms with E-state index in [0.717, 1.165) is 42.7 Å². The number of aromatic nitrogens is 3. The van der Waals surface area contributed by atoms with E-state index in [1.54, 1.807) is 6.92 Å². The molecule has 0 radical (unpaired) electrons. The van der Waals surface area contributed by atoms with E-state index in [-0.39, 0.29) is 5.69 Å². The van der Waals surface area contributed by atoms with E-state index < -0.39 is 22.8 Å². The van der Waals surface area contributed by atoms with Crippen LogP contribution in [0.15, 0.2) is 23.4 Å². The number of benzene rings is 1. The van der Waals surface area contributed by atoms with Crippen LogP contribution in [0.5, 0.6) is 0 Å². The Hall–Kier alpha value is -2.16. The van der Waals surface area contributed by atoms with Crippen LogP contribution < -0.4 is 11.2 Å². The van der Waals surface area contributed by atoms with Crippen LogP contribution >= 0.6 is 11.8 Å². The van der Waals surface area contributed by atoms with Crippen molar-refractivity contribution in [3.8, 4) is 0 Å². The second-order valence-electron chi connectivity index (χ2n) is 7.19. The number of aryl methyl sites for hydroxylation is 1. The normalized spacial score (nSPS) is 16.1. The van der Waals surface area contributed by atoms with Gasteiger partial charge in [0.15, 0.2) is 5.82 Å². The summed E-state index contributed by atoms with van der Waals surface area (Å²) in [4.78, 5) is 12.3. The molecular weight excluding hydrogens is 384 g/mol. The number of amides is 1. The zero-order valence-electron chi connectivity index (χ0n) is 15.8. The molecule has 1 amide bonds. The highest BCUT2D eigenvalue weighted by molar-refractivity contribution is 8.00. The van der Waals surface area contributed by atoms with Crippen LogP contribution in [0.25, 0.3) is 0 Å². The van der Waals surface area contributed by atoms with E-state index in [1.807, 2.05) is 0 Å². The second-order valence-corrected chi connectivity index (χ2v) is 8.49. The zero-order chi connectivity index (χ0) is 20.1. The maximum absolute atomic E-state index is 13.7. The number of rotatable bonds is 7. The topological polar surface area (TPSA) is 85.8 Å². The SMILES string of the molecule is C[C@H](Sc1nnc(CCC2CCCCC2)n1N)C(=O)Nc1ccc(F)cc1F. The molecule has 28 heavy (non-hydrogen) atoms. The van der Waals surface area contributed by atoms with Crippen molar-refractivity contribution in [3.63, 3.8) is 0 Å². The van der Waals surface area contributed by atoms with Gasteiger partial charge in [0.25, 0.3) is 0 Å². The fourth-order valence-electron chi connectivity index (χ4n) is 3.40. The summed E-state index contributed by atoms with van der Waals surface area (Å²) in [6.07, 6.45) is 8.24. The first-order valence-corrected chi connectivity index (χ1v) is 10.4. The monoisotopic (exact) mass is 409 g/mol. The van der Waals surface area contributed by atoms with Crippen LogP contribution in [0.3, 0.4) is 0 Å². The van der Waals surface area contributed by atoms with Crippen molar-refractivity contribution in [2.75, 3.05) is 11.2 Å². The molecule has 0 spiro atoms. The summed E-state index contributed by atoms with van der Waals surface area (Å²) in [5.41, 5.74) is -0.0683. The van der Waals surface area contributed by atoms with Gasteiger partial charge in [-0.25, -0.2) is 13.5 Å². The number of nitrogens with zero attached hydrogens (tertiary/aromatic N) is 3. The second kappa shape index (κ2) is 9.36. The van der Waals surface area contributed by atoms with Crippen molar-refractivity contribution < 1.29 is 13.6 Å². The van der Waals surface area contributed by atoms with Crippen molar-refractivity contribution in [1.82, 2.24) is 14.9 Å². The Morgan fingerprint density at radius 2 is 2.07 bits per heavy atom. The summed E-state index contributed by atoms with van der Waals surface area (Å²) in [7, 11) is 0. The van der Waals surface area contributed by atoms with Gasteiger partial charge in [-0.1, -0.05) is 43.9 Å². The minimum absolute atomic E-state index is 0.0683. The van der Waals surface area contributed by atoms with Gasteiger partial charge in [-0.15, -0.1) is 10.2 Å². The molecule has 1 atom stereocenters. The quantitative estimate of drug-likeness (QED) is 0.535. The Labute approximate surface area is 167 Å². The first kappa shape index (κ1) is 20.6. The molecule has 0 bridgehead atoms. The number of hydrogen-bond acceptors (Lipinski definition) is 5. The minimum Gasteiger partial charge on any atom is -0.336 e. The Morgan fingerprint density at radius 3 is 2.79 bits per heavy atom. The largest absolute Gasteiger partial charge is 0.336 e. The van der Waals surface area contributed by atoms with Gasteiger partial charge in [-0.05, 0) is 31.4 Å². The Balaban J connectivity index is 1.55. The lowest BCUT2D eigenvalue weighted by atomic mass is 9.86. The summed E-state index contributed by atoms with van der Waals surface area (Å²) in [6, 6.07) is 3.00. The van der Waals surface area contributed by atoms with E-state index in [0.29, 0.717) is 11.0 Å². The number of anilines is 1. The lowest BCUT2D eigenvalue weighted by molar-refractivity contribution is -0.115. The van der Waals surface area contributed by atoms with Crippen LogP contribution in [-0.2, 0) is 11.2 Å². The summed E-state index contributed by atoms with van der Waals surface area (Å²) in [5.74, 6) is 5.57. The van der Waals surface area contributed by atoms with Gasteiger partial charge < -0.3 is 11.2 Å². The molecule has 1 fully saturated rings. The van der Waals surface area contributed by atoms with Crippen molar-refractivity contribution in [2.24, 2.45) is 5.92 Å². The number of carbonyl (C=O) groups excluding carboxylic acids is 1. The predicted octanol–water partition coefficient (Wildman–Crippen LogP) is 3.90. The van der Waals surface area contributed by atoms with Gasteiger partial charge in [-0.3, -0.25) is 4.79 Å². The number of nitrogen functional groups attached to an aromatic ring is 1. The first-order valence-electron chi connectivity index (χ1n) is 9.56. The third kappa shape index (κ3) is 5.21. The van der Waals surface area contributed by atoms with E-state index in [4.69, 9.17) is 5.84 Å². The molecule has 9 heteroatoms. The van der Waals surface area contributed by atoms with Gasteiger partial charge in [0.05, 0.1) is 10.9 Å². The molecule has 3 N–H and O–H groups in total. The average Bonchev–Trinajstić information content (AvgIpc) is 3.02. The molecule has 1 aliphatic carbocycles. The molecule has 0 unspecified atom stereocenters. The molecule has 152 valence electrons. The van der Waals surface area contributed by atoms with Gasteiger partial charge in [-0.2, -0.15) is 0 Å². The van der Waals surface area contributed by atoms with Gasteiger partial charge in [0.1, 0.15) is 11.6 Å². The smallest absolute Gasteiger partial charge is 0.237 e. The first-order chi connectivity index (χ1) is 13.4. The summed E-state index contributed by atoms with van der Waals surface area (Å²) in [6.45, 7) is 1.66. The Bertz CT molecular complexity index is 823. The third-order valence-corrected chi connectivity index (χ3v) is 6.13. The number of thioether (sulfide) groups is 1. The molecule has 1 heterocycles. The molecule has 1 aliphatic rings. The Kier molecular flexibility index (Phi) is 6.88. The van der Waals surface area contributed by atoms with Crippen molar-refractivity contribution >= 4 is 23.4 Å². The van der Waals surface area contributed by atoms with E-state index in [9.17, 15) is 13.6 Å². The highest BCUT2D eigenvalue weighted by Crippen LogP contribution is 2.28. The van der Waals surface area contributed by atoms with Crippen LogP contribution in [0, 0.1) is 17.6 Å². The Morgan fingerprint density at radius 1 is 1.32 bits per heavy atom. The zero-order valence-corrected chi connectivity index (χ0v) is 16.6. The van der Waals surface area contributed by atoms with Crippen LogP contribution in [0.4, 0.5) is 14.5 Å². The van der Waals surface area contributed by atoms with E-state index >= 15 is 0 Å². The molecule has 6 nitrogen and oxygen atoms in total. The summed E-state index contributed by atoms with van der Waals surface area (Å²) < 4.78 is 28.1. The molecule has 3 rings (SSSR count). The van der Waals surface area contributed by atoms with Gasteiger partial charge >= 0.3 is 0 Å². The molecule has 1 aromatic heterocycles. The van der Waals surface area contributed by atoms with E-state index in [2.05, 4.69) is 15.5 Å². The predicted molar refractivity (Wildman–Crippen MR) is 105 cm³/mol. The summed E-state index contributed by atoms with van der Waals surface area (Å²) >= 11 is 1.14. The fourth-order valence-corrected chi connectivity index (χ4v) is 4.19. The highest BCUT2D eigenvalue weighted by atomic mass is 32.2. The van der Waals surface area contributed by atoms with Crippen molar-refractivity contribution in [3.05, 3.63) is 35.7 Å². The maximum atomic E-state index is 13.7. The van der Waals surface area contributed by atoms with Gasteiger partial charge in [0.2, 0.25) is 11.1 Å². The molecule has 1 saturated carbocycles. The number of halogens is 2. The average molecular weight is 410 g/mol. The summed E-state index contributed by atoms with van der Waals surface area (Å²) in [5, 5.41) is 10.5. The lowest BCUT2D eigenvalue weighted by Gasteiger charge is -2.20. The fraction of sp³-hybridized carbons (Fsp3) is 0.526. The van der Waals surface area contributed by atoms with Crippen molar-refractivity contribution in [1.29, 1.82) is 0 Å².